The first kappa shape index (κ1) is 19.3. The molecule has 2 aromatic rings. The number of carbonyl (C=O) groups is 3. The molecule has 0 atom stereocenters. The number of amides is 1. The zero-order valence-electron chi connectivity index (χ0n) is 14.1. The number of esters is 2. The van der Waals surface area contributed by atoms with Gasteiger partial charge in [0.05, 0.1) is 31.0 Å². The van der Waals surface area contributed by atoms with Crippen LogP contribution in [-0.4, -0.2) is 38.7 Å². The summed E-state index contributed by atoms with van der Waals surface area (Å²) >= 11 is 5.85. The summed E-state index contributed by atoms with van der Waals surface area (Å²) in [5.74, 6) is -1.37. The summed E-state index contributed by atoms with van der Waals surface area (Å²) in [5, 5.41) is 3.00. The SMILES string of the molecule is COC(=O)c1ccc(C(=O)OC)c(NC(=O)COc2cccc(Cl)c2)c1. The minimum atomic E-state index is -0.660. The molecule has 0 spiro atoms. The number of methoxy groups -OCH3 is 2. The maximum Gasteiger partial charge on any atom is 0.339 e. The molecule has 0 fully saturated rings. The van der Waals surface area contributed by atoms with E-state index in [4.69, 9.17) is 16.3 Å². The van der Waals surface area contributed by atoms with E-state index in [1.54, 1.807) is 24.3 Å². The van der Waals surface area contributed by atoms with Gasteiger partial charge in [0.2, 0.25) is 0 Å². The second-order valence-electron chi connectivity index (χ2n) is 5.04. The van der Waals surface area contributed by atoms with Crippen LogP contribution in [0, 0.1) is 0 Å². The van der Waals surface area contributed by atoms with Gasteiger partial charge < -0.3 is 19.5 Å². The fourth-order valence-electron chi connectivity index (χ4n) is 2.07. The molecule has 136 valence electrons. The highest BCUT2D eigenvalue weighted by Gasteiger charge is 2.17. The lowest BCUT2D eigenvalue weighted by Crippen LogP contribution is -2.22. The molecule has 0 radical (unpaired) electrons. The molecule has 1 amide bonds. The smallest absolute Gasteiger partial charge is 0.339 e. The topological polar surface area (TPSA) is 90.9 Å². The second-order valence-corrected chi connectivity index (χ2v) is 5.47. The van der Waals surface area contributed by atoms with Crippen LogP contribution < -0.4 is 10.1 Å². The Labute approximate surface area is 154 Å². The van der Waals surface area contributed by atoms with Crippen LogP contribution in [-0.2, 0) is 14.3 Å². The van der Waals surface area contributed by atoms with Gasteiger partial charge in [0.15, 0.2) is 6.61 Å². The molecule has 26 heavy (non-hydrogen) atoms. The minimum absolute atomic E-state index is 0.0938. The Bertz CT molecular complexity index is 836. The van der Waals surface area contributed by atoms with Gasteiger partial charge in [-0.05, 0) is 36.4 Å². The van der Waals surface area contributed by atoms with Crippen molar-refractivity contribution in [2.45, 2.75) is 0 Å². The van der Waals surface area contributed by atoms with Crippen LogP contribution in [0.25, 0.3) is 0 Å². The number of nitrogens with one attached hydrogen (secondary N) is 1. The average Bonchev–Trinajstić information content (AvgIpc) is 2.65. The molecule has 2 aromatic carbocycles. The Kier molecular flexibility index (Phi) is 6.57. The van der Waals surface area contributed by atoms with Gasteiger partial charge in [-0.15, -0.1) is 0 Å². The molecular weight excluding hydrogens is 362 g/mol. The summed E-state index contributed by atoms with van der Waals surface area (Å²) in [6, 6.07) is 10.7. The number of ether oxygens (including phenoxy) is 3. The van der Waals surface area contributed by atoms with E-state index in [9.17, 15) is 14.4 Å². The molecule has 0 unspecified atom stereocenters. The Hall–Kier alpha value is -3.06. The van der Waals surface area contributed by atoms with Crippen molar-refractivity contribution in [2.24, 2.45) is 0 Å². The normalized spacial score (nSPS) is 9.96. The first-order chi connectivity index (χ1) is 12.4. The lowest BCUT2D eigenvalue weighted by atomic mass is 10.1. The first-order valence-corrected chi connectivity index (χ1v) is 7.81. The third-order valence-electron chi connectivity index (χ3n) is 3.29. The summed E-state index contributed by atoms with van der Waals surface area (Å²) in [6.45, 7) is -0.316. The summed E-state index contributed by atoms with van der Waals surface area (Å²) in [7, 11) is 2.44. The molecule has 0 heterocycles. The van der Waals surface area contributed by atoms with Crippen LogP contribution in [0.1, 0.15) is 20.7 Å². The second kappa shape index (κ2) is 8.87. The van der Waals surface area contributed by atoms with Crippen LogP contribution in [0.15, 0.2) is 42.5 Å². The largest absolute Gasteiger partial charge is 0.484 e. The van der Waals surface area contributed by atoms with Crippen LogP contribution in [0.4, 0.5) is 5.69 Å². The first-order valence-electron chi connectivity index (χ1n) is 7.43. The highest BCUT2D eigenvalue weighted by Crippen LogP contribution is 2.20. The highest BCUT2D eigenvalue weighted by molar-refractivity contribution is 6.30. The maximum absolute atomic E-state index is 12.1. The average molecular weight is 378 g/mol. The Morgan fingerprint density at radius 2 is 1.73 bits per heavy atom. The van der Waals surface area contributed by atoms with Gasteiger partial charge in [-0.3, -0.25) is 4.79 Å². The number of anilines is 1. The lowest BCUT2D eigenvalue weighted by molar-refractivity contribution is -0.118. The summed E-state index contributed by atoms with van der Waals surface area (Å²) in [5.41, 5.74) is 0.377. The van der Waals surface area contributed by atoms with Crippen molar-refractivity contribution in [3.63, 3.8) is 0 Å². The van der Waals surface area contributed by atoms with Crippen molar-refractivity contribution in [1.82, 2.24) is 0 Å². The Morgan fingerprint density at radius 3 is 2.38 bits per heavy atom. The Balaban J connectivity index is 2.15. The zero-order chi connectivity index (χ0) is 19.1. The van der Waals surface area contributed by atoms with Crippen LogP contribution in [0.5, 0.6) is 5.75 Å². The number of hydrogen-bond donors (Lipinski definition) is 1. The molecule has 0 aromatic heterocycles. The number of rotatable bonds is 6. The molecular formula is C18H16ClNO6. The van der Waals surface area contributed by atoms with Crippen molar-refractivity contribution < 1.29 is 28.6 Å². The predicted octanol–water partition coefficient (Wildman–Crippen LogP) is 2.93. The molecule has 0 aliphatic carbocycles. The van der Waals surface area contributed by atoms with Crippen molar-refractivity contribution in [1.29, 1.82) is 0 Å². The number of carbonyl (C=O) groups excluding carboxylic acids is 3. The van der Waals surface area contributed by atoms with Crippen molar-refractivity contribution in [3.8, 4) is 5.75 Å². The molecule has 1 N–H and O–H groups in total. The molecule has 0 bridgehead atoms. The van der Waals surface area contributed by atoms with E-state index in [0.29, 0.717) is 10.8 Å². The molecule has 0 aliphatic rings. The fraction of sp³-hybridized carbons (Fsp3) is 0.167. The molecule has 0 saturated heterocycles. The fourth-order valence-corrected chi connectivity index (χ4v) is 2.25. The van der Waals surface area contributed by atoms with Gasteiger partial charge in [0.25, 0.3) is 5.91 Å². The zero-order valence-corrected chi connectivity index (χ0v) is 14.8. The van der Waals surface area contributed by atoms with E-state index in [2.05, 4.69) is 14.8 Å². The van der Waals surface area contributed by atoms with Gasteiger partial charge in [0.1, 0.15) is 5.75 Å². The van der Waals surface area contributed by atoms with Crippen molar-refractivity contribution in [2.75, 3.05) is 26.1 Å². The lowest BCUT2D eigenvalue weighted by Gasteiger charge is -2.12. The van der Waals surface area contributed by atoms with Crippen molar-refractivity contribution >= 4 is 35.1 Å². The third kappa shape index (κ3) is 4.97. The van der Waals surface area contributed by atoms with Gasteiger partial charge >= 0.3 is 11.9 Å². The highest BCUT2D eigenvalue weighted by atomic mass is 35.5. The minimum Gasteiger partial charge on any atom is -0.484 e. The molecule has 0 saturated carbocycles. The number of benzene rings is 2. The Morgan fingerprint density at radius 1 is 1.00 bits per heavy atom. The van der Waals surface area contributed by atoms with Gasteiger partial charge in [-0.1, -0.05) is 17.7 Å². The van der Waals surface area contributed by atoms with E-state index in [0.717, 1.165) is 0 Å². The van der Waals surface area contributed by atoms with Crippen LogP contribution >= 0.6 is 11.6 Å². The summed E-state index contributed by atoms with van der Waals surface area (Å²) in [4.78, 5) is 35.7. The molecule has 0 aliphatic heterocycles. The molecule has 8 heteroatoms. The number of halogens is 1. The molecule has 2 rings (SSSR count). The summed E-state index contributed by atoms with van der Waals surface area (Å²) < 4.78 is 14.7. The quantitative estimate of drug-likeness (QED) is 0.778. The van der Waals surface area contributed by atoms with Gasteiger partial charge in [-0.25, -0.2) is 9.59 Å². The van der Waals surface area contributed by atoms with Crippen LogP contribution in [0.3, 0.4) is 0 Å². The van der Waals surface area contributed by atoms with Crippen LogP contribution in [0.2, 0.25) is 5.02 Å². The molecule has 7 nitrogen and oxygen atoms in total. The van der Waals surface area contributed by atoms with E-state index in [1.807, 2.05) is 0 Å². The number of hydrogen-bond acceptors (Lipinski definition) is 6. The monoisotopic (exact) mass is 377 g/mol. The van der Waals surface area contributed by atoms with Crippen molar-refractivity contribution in [3.05, 3.63) is 58.6 Å². The van der Waals surface area contributed by atoms with E-state index < -0.39 is 17.8 Å². The third-order valence-corrected chi connectivity index (χ3v) is 3.52. The maximum atomic E-state index is 12.1. The van der Waals surface area contributed by atoms with Gasteiger partial charge in [0, 0.05) is 5.02 Å². The van der Waals surface area contributed by atoms with Gasteiger partial charge in [-0.2, -0.15) is 0 Å². The van der Waals surface area contributed by atoms with E-state index in [-0.39, 0.29) is 23.4 Å². The van der Waals surface area contributed by atoms with E-state index in [1.165, 1.54) is 32.4 Å². The summed E-state index contributed by atoms with van der Waals surface area (Å²) in [6.07, 6.45) is 0. The predicted molar refractivity (Wildman–Crippen MR) is 94.7 cm³/mol. The van der Waals surface area contributed by atoms with E-state index >= 15 is 0 Å². The standard InChI is InChI=1S/C18H16ClNO6/c1-24-17(22)11-6-7-14(18(23)25-2)15(8-11)20-16(21)10-26-13-5-3-4-12(19)9-13/h3-9H,10H2,1-2H3,(H,20,21).